The second kappa shape index (κ2) is 11.0. The molecule has 2 unspecified atom stereocenters. The van der Waals surface area contributed by atoms with Gasteiger partial charge in [0.25, 0.3) is 0 Å². The Balaban J connectivity index is 1.71. The molecule has 1 saturated carbocycles. The lowest BCUT2D eigenvalue weighted by atomic mass is 9.79. The van der Waals surface area contributed by atoms with Crippen LogP contribution in [0.1, 0.15) is 64.9 Å². The second-order valence-electron chi connectivity index (χ2n) is 8.83. The number of esters is 1. The zero-order valence-electron chi connectivity index (χ0n) is 18.1. The minimum atomic E-state index is -0.152. The summed E-state index contributed by atoms with van der Waals surface area (Å²) in [5.41, 5.74) is 1.33. The van der Waals surface area contributed by atoms with Crippen molar-refractivity contribution in [1.29, 1.82) is 0 Å². The van der Waals surface area contributed by atoms with Crippen LogP contribution in [0.25, 0.3) is 0 Å². The van der Waals surface area contributed by atoms with E-state index < -0.39 is 0 Å². The summed E-state index contributed by atoms with van der Waals surface area (Å²) in [6, 6.07) is 6.14. The highest BCUT2D eigenvalue weighted by Gasteiger charge is 2.31. The van der Waals surface area contributed by atoms with E-state index >= 15 is 0 Å². The van der Waals surface area contributed by atoms with Crippen molar-refractivity contribution in [2.24, 2.45) is 11.8 Å². The summed E-state index contributed by atoms with van der Waals surface area (Å²) in [6.07, 6.45) is 5.02. The molecule has 0 heterocycles. The minimum Gasteiger partial charge on any atom is -0.492 e. The Hall–Kier alpha value is -1.56. The molecular formula is C23H34BrNO4. The molecular weight excluding hydrogens is 434 g/mol. The summed E-state index contributed by atoms with van der Waals surface area (Å²) >= 11 is 3.57. The molecule has 1 aliphatic rings. The molecule has 162 valence electrons. The number of benzene rings is 1. The molecule has 29 heavy (non-hydrogen) atoms. The average molecular weight is 468 g/mol. The first-order valence-corrected chi connectivity index (χ1v) is 11.3. The van der Waals surface area contributed by atoms with Gasteiger partial charge in [-0.05, 0) is 64.2 Å². The number of amides is 1. The standard InChI is InChI=1S/C23H34BrNO4/c1-23(2,3)17-11-12-20(19(24)14-17)29-13-7-10-21(26)25-15-16-8-5-6-9-18(16)22(27)28-4/h11-12,14,16,18H,5-10,13,15H2,1-4H3,(H,25,26). The number of methoxy groups -OCH3 is 1. The molecule has 1 fully saturated rings. The molecule has 0 radical (unpaired) electrons. The molecule has 0 spiro atoms. The van der Waals surface area contributed by atoms with Crippen molar-refractivity contribution in [2.75, 3.05) is 20.3 Å². The zero-order valence-corrected chi connectivity index (χ0v) is 19.6. The molecule has 0 aliphatic heterocycles. The summed E-state index contributed by atoms with van der Waals surface area (Å²) in [4.78, 5) is 24.1. The molecule has 0 aromatic heterocycles. The van der Waals surface area contributed by atoms with Crippen molar-refractivity contribution in [3.8, 4) is 5.75 Å². The van der Waals surface area contributed by atoms with Crippen molar-refractivity contribution in [3.05, 3.63) is 28.2 Å². The lowest BCUT2D eigenvalue weighted by Crippen LogP contribution is -2.37. The molecule has 1 aromatic carbocycles. The molecule has 2 rings (SSSR count). The summed E-state index contributed by atoms with van der Waals surface area (Å²) < 4.78 is 11.7. The van der Waals surface area contributed by atoms with Crippen LogP contribution in [0.4, 0.5) is 0 Å². The molecule has 0 saturated heterocycles. The number of carbonyl (C=O) groups excluding carboxylic acids is 2. The van der Waals surface area contributed by atoms with Gasteiger partial charge < -0.3 is 14.8 Å². The van der Waals surface area contributed by atoms with Gasteiger partial charge >= 0.3 is 5.97 Å². The highest BCUT2D eigenvalue weighted by atomic mass is 79.9. The van der Waals surface area contributed by atoms with E-state index in [1.807, 2.05) is 6.07 Å². The van der Waals surface area contributed by atoms with Gasteiger partial charge in [0.05, 0.1) is 24.1 Å². The van der Waals surface area contributed by atoms with Crippen LogP contribution in [0, 0.1) is 11.8 Å². The average Bonchev–Trinajstić information content (AvgIpc) is 2.69. The van der Waals surface area contributed by atoms with Crippen LogP contribution in [0.15, 0.2) is 22.7 Å². The van der Waals surface area contributed by atoms with Gasteiger partial charge in [-0.2, -0.15) is 0 Å². The van der Waals surface area contributed by atoms with E-state index in [1.54, 1.807) is 0 Å². The van der Waals surface area contributed by atoms with E-state index in [-0.39, 0.29) is 29.1 Å². The van der Waals surface area contributed by atoms with Gasteiger partial charge in [-0.25, -0.2) is 0 Å². The van der Waals surface area contributed by atoms with Crippen molar-refractivity contribution in [1.82, 2.24) is 5.32 Å². The Bertz CT molecular complexity index is 699. The third kappa shape index (κ3) is 7.32. The van der Waals surface area contributed by atoms with Gasteiger partial charge in [0, 0.05) is 13.0 Å². The second-order valence-corrected chi connectivity index (χ2v) is 9.68. The number of ether oxygens (including phenoxy) is 2. The number of carbonyl (C=O) groups is 2. The third-order valence-electron chi connectivity index (χ3n) is 5.58. The number of nitrogens with one attached hydrogen (secondary N) is 1. The lowest BCUT2D eigenvalue weighted by molar-refractivity contribution is -0.148. The Morgan fingerprint density at radius 1 is 1.21 bits per heavy atom. The summed E-state index contributed by atoms with van der Waals surface area (Å²) in [7, 11) is 1.43. The van der Waals surface area contributed by atoms with Crippen molar-refractivity contribution < 1.29 is 19.1 Å². The predicted molar refractivity (Wildman–Crippen MR) is 118 cm³/mol. The maximum absolute atomic E-state index is 12.2. The minimum absolute atomic E-state index is 0.00457. The van der Waals surface area contributed by atoms with E-state index in [0.29, 0.717) is 26.0 Å². The smallest absolute Gasteiger partial charge is 0.309 e. The quantitative estimate of drug-likeness (QED) is 0.431. The highest BCUT2D eigenvalue weighted by Crippen LogP contribution is 2.32. The molecule has 6 heteroatoms. The molecule has 1 N–H and O–H groups in total. The van der Waals surface area contributed by atoms with E-state index in [1.165, 1.54) is 12.7 Å². The van der Waals surface area contributed by atoms with Crippen LogP contribution in [-0.4, -0.2) is 32.1 Å². The van der Waals surface area contributed by atoms with Gasteiger partial charge in [0.2, 0.25) is 5.91 Å². The number of hydrogen-bond acceptors (Lipinski definition) is 4. The first-order chi connectivity index (χ1) is 13.7. The summed E-state index contributed by atoms with van der Waals surface area (Å²) in [6.45, 7) is 7.55. The first kappa shape index (κ1) is 23.7. The molecule has 1 aromatic rings. The Morgan fingerprint density at radius 3 is 2.59 bits per heavy atom. The van der Waals surface area contributed by atoms with Gasteiger partial charge in [-0.15, -0.1) is 0 Å². The predicted octanol–water partition coefficient (Wildman–Crippen LogP) is 5.00. The normalized spacial score (nSPS) is 19.5. The van der Waals surface area contributed by atoms with Crippen molar-refractivity contribution in [3.63, 3.8) is 0 Å². The zero-order chi connectivity index (χ0) is 21.4. The first-order valence-electron chi connectivity index (χ1n) is 10.5. The number of rotatable bonds is 8. The monoisotopic (exact) mass is 467 g/mol. The number of halogens is 1. The SMILES string of the molecule is COC(=O)C1CCCCC1CNC(=O)CCCOc1ccc(C(C)(C)C)cc1Br. The molecule has 1 aliphatic carbocycles. The lowest BCUT2D eigenvalue weighted by Gasteiger charge is -2.29. The highest BCUT2D eigenvalue weighted by molar-refractivity contribution is 9.10. The van der Waals surface area contributed by atoms with Crippen LogP contribution >= 0.6 is 15.9 Å². The van der Waals surface area contributed by atoms with Crippen molar-refractivity contribution >= 4 is 27.8 Å². The van der Waals surface area contributed by atoms with E-state index in [4.69, 9.17) is 9.47 Å². The van der Waals surface area contributed by atoms with Crippen LogP contribution in [-0.2, 0) is 19.7 Å². The molecule has 1 amide bonds. The topological polar surface area (TPSA) is 64.6 Å². The molecule has 5 nitrogen and oxygen atoms in total. The van der Waals surface area contributed by atoms with Gasteiger partial charge in [0.15, 0.2) is 0 Å². The largest absolute Gasteiger partial charge is 0.492 e. The Labute approximate surface area is 183 Å². The van der Waals surface area contributed by atoms with Gasteiger partial charge in [0.1, 0.15) is 5.75 Å². The Morgan fingerprint density at radius 2 is 1.93 bits per heavy atom. The van der Waals surface area contributed by atoms with Crippen molar-refractivity contribution in [2.45, 2.75) is 64.7 Å². The fraction of sp³-hybridized carbons (Fsp3) is 0.652. The number of hydrogen-bond donors (Lipinski definition) is 1. The molecule has 0 bridgehead atoms. The van der Waals surface area contributed by atoms with Crippen LogP contribution < -0.4 is 10.1 Å². The third-order valence-corrected chi connectivity index (χ3v) is 6.20. The fourth-order valence-electron chi connectivity index (χ4n) is 3.75. The fourth-order valence-corrected chi connectivity index (χ4v) is 4.24. The van der Waals surface area contributed by atoms with Gasteiger partial charge in [-0.1, -0.05) is 39.7 Å². The van der Waals surface area contributed by atoms with E-state index in [2.05, 4.69) is 54.2 Å². The molecule has 2 atom stereocenters. The summed E-state index contributed by atoms with van der Waals surface area (Å²) in [5.74, 6) is 0.728. The van der Waals surface area contributed by atoms with E-state index in [0.717, 1.165) is 35.9 Å². The Kier molecular flexibility index (Phi) is 9.00. The van der Waals surface area contributed by atoms with Gasteiger partial charge in [-0.3, -0.25) is 9.59 Å². The summed E-state index contributed by atoms with van der Waals surface area (Å²) in [5, 5.41) is 2.98. The van der Waals surface area contributed by atoms with E-state index in [9.17, 15) is 9.59 Å². The van der Waals surface area contributed by atoms with Crippen LogP contribution in [0.2, 0.25) is 0 Å². The maximum atomic E-state index is 12.2. The van der Waals surface area contributed by atoms with Crippen LogP contribution in [0.3, 0.4) is 0 Å². The van der Waals surface area contributed by atoms with Crippen LogP contribution in [0.5, 0.6) is 5.75 Å². The maximum Gasteiger partial charge on any atom is 0.309 e.